The van der Waals surface area contributed by atoms with Crippen molar-refractivity contribution in [1.29, 1.82) is 0 Å². The summed E-state index contributed by atoms with van der Waals surface area (Å²) in [7, 11) is 1.63. The van der Waals surface area contributed by atoms with Gasteiger partial charge in [-0.3, -0.25) is 9.69 Å². The molecule has 2 aliphatic rings. The zero-order valence-electron chi connectivity index (χ0n) is 11.5. The zero-order valence-corrected chi connectivity index (χ0v) is 11.5. The van der Waals surface area contributed by atoms with Crippen LogP contribution in [0.1, 0.15) is 25.7 Å². The number of ether oxygens (including phenoxy) is 3. The molecule has 1 spiro atoms. The summed E-state index contributed by atoms with van der Waals surface area (Å²) in [4.78, 5) is 12.9. The number of hydrogen-bond acceptors (Lipinski definition) is 5. The minimum absolute atomic E-state index is 0.0722. The van der Waals surface area contributed by atoms with Crippen molar-refractivity contribution >= 4 is 5.97 Å². The quantitative estimate of drug-likeness (QED) is 0.768. The van der Waals surface area contributed by atoms with E-state index in [1.54, 1.807) is 7.11 Å². The summed E-state index contributed by atoms with van der Waals surface area (Å²) in [5.41, 5.74) is 0. The molecule has 1 heterocycles. The topological polar surface area (TPSA) is 68.2 Å². The molecule has 0 aromatic heterocycles. The van der Waals surface area contributed by atoms with Gasteiger partial charge < -0.3 is 19.3 Å². The highest BCUT2D eigenvalue weighted by Crippen LogP contribution is 2.37. The molecule has 0 radical (unpaired) electrons. The molecule has 19 heavy (non-hydrogen) atoms. The van der Waals surface area contributed by atoms with Gasteiger partial charge in [-0.25, -0.2) is 0 Å². The van der Waals surface area contributed by atoms with Gasteiger partial charge in [-0.05, 0) is 12.8 Å². The first-order valence-corrected chi connectivity index (χ1v) is 6.88. The first-order valence-electron chi connectivity index (χ1n) is 6.88. The van der Waals surface area contributed by atoms with Crippen LogP contribution in [0.15, 0.2) is 0 Å². The fourth-order valence-electron chi connectivity index (χ4n) is 2.97. The van der Waals surface area contributed by atoms with Crippen LogP contribution in [0.4, 0.5) is 0 Å². The van der Waals surface area contributed by atoms with E-state index in [4.69, 9.17) is 19.3 Å². The molecule has 1 saturated heterocycles. The molecule has 6 nitrogen and oxygen atoms in total. The lowest BCUT2D eigenvalue weighted by Gasteiger charge is -2.39. The molecule has 1 aliphatic carbocycles. The number of carbonyl (C=O) groups is 1. The molecule has 1 aliphatic heterocycles. The van der Waals surface area contributed by atoms with E-state index in [-0.39, 0.29) is 18.4 Å². The lowest BCUT2D eigenvalue weighted by Crippen LogP contribution is -2.46. The lowest BCUT2D eigenvalue weighted by molar-refractivity contribution is -0.184. The summed E-state index contributed by atoms with van der Waals surface area (Å²) in [6.45, 7) is 2.63. The van der Waals surface area contributed by atoms with Crippen LogP contribution >= 0.6 is 0 Å². The van der Waals surface area contributed by atoms with E-state index in [2.05, 4.69) is 0 Å². The van der Waals surface area contributed by atoms with E-state index in [1.807, 2.05) is 4.90 Å². The Morgan fingerprint density at radius 1 is 1.37 bits per heavy atom. The van der Waals surface area contributed by atoms with Gasteiger partial charge in [-0.1, -0.05) is 0 Å². The molecule has 0 aromatic rings. The average molecular weight is 273 g/mol. The van der Waals surface area contributed by atoms with Crippen molar-refractivity contribution in [3.8, 4) is 0 Å². The van der Waals surface area contributed by atoms with Crippen molar-refractivity contribution < 1.29 is 24.1 Å². The Morgan fingerprint density at radius 3 is 2.53 bits per heavy atom. The third-order valence-electron chi connectivity index (χ3n) is 3.97. The van der Waals surface area contributed by atoms with E-state index in [9.17, 15) is 4.79 Å². The molecule has 0 bridgehead atoms. The summed E-state index contributed by atoms with van der Waals surface area (Å²) in [5.74, 6) is -1.17. The third kappa shape index (κ3) is 3.89. The Balaban J connectivity index is 1.86. The molecular formula is C13H23NO5. The van der Waals surface area contributed by atoms with Crippen LogP contribution in [0.2, 0.25) is 0 Å². The Hall–Kier alpha value is -0.690. The summed E-state index contributed by atoms with van der Waals surface area (Å²) in [6.07, 6.45) is 3.52. The van der Waals surface area contributed by atoms with Crippen molar-refractivity contribution in [3.05, 3.63) is 0 Å². The second kappa shape index (κ2) is 6.65. The van der Waals surface area contributed by atoms with E-state index in [0.29, 0.717) is 26.4 Å². The van der Waals surface area contributed by atoms with Gasteiger partial charge in [0.1, 0.15) is 0 Å². The van der Waals surface area contributed by atoms with Crippen LogP contribution in [0, 0.1) is 0 Å². The Labute approximate surface area is 113 Å². The van der Waals surface area contributed by atoms with Crippen LogP contribution < -0.4 is 0 Å². The lowest BCUT2D eigenvalue weighted by atomic mass is 9.89. The summed E-state index contributed by atoms with van der Waals surface area (Å²) in [5, 5.41) is 8.99. The van der Waals surface area contributed by atoms with Gasteiger partial charge in [-0.15, -0.1) is 0 Å². The number of carboxylic acids is 1. The fraction of sp³-hybridized carbons (Fsp3) is 0.923. The molecule has 0 unspecified atom stereocenters. The average Bonchev–Trinajstić information content (AvgIpc) is 2.84. The Bertz CT molecular complexity index is 293. The Morgan fingerprint density at radius 2 is 2.00 bits per heavy atom. The van der Waals surface area contributed by atoms with Crippen molar-refractivity contribution in [2.45, 2.75) is 37.5 Å². The van der Waals surface area contributed by atoms with Crippen molar-refractivity contribution in [3.63, 3.8) is 0 Å². The predicted molar refractivity (Wildman–Crippen MR) is 68.0 cm³/mol. The SMILES string of the molecule is COCCN(CC(=O)O)C1CCC2(CC1)OCCO2. The maximum Gasteiger partial charge on any atom is 0.317 e. The second-order valence-electron chi connectivity index (χ2n) is 5.20. The minimum Gasteiger partial charge on any atom is -0.480 e. The molecule has 0 amide bonds. The monoisotopic (exact) mass is 273 g/mol. The largest absolute Gasteiger partial charge is 0.480 e. The van der Waals surface area contributed by atoms with Crippen LogP contribution in [-0.4, -0.2) is 67.8 Å². The van der Waals surface area contributed by atoms with Crippen molar-refractivity contribution in [2.24, 2.45) is 0 Å². The summed E-state index contributed by atoms with van der Waals surface area (Å²) in [6, 6.07) is 0.282. The highest BCUT2D eigenvalue weighted by atomic mass is 16.7. The third-order valence-corrected chi connectivity index (χ3v) is 3.97. The van der Waals surface area contributed by atoms with E-state index < -0.39 is 5.97 Å². The number of hydrogen-bond donors (Lipinski definition) is 1. The fourth-order valence-corrected chi connectivity index (χ4v) is 2.97. The molecule has 2 fully saturated rings. The predicted octanol–water partition coefficient (Wildman–Crippen LogP) is 0.705. The number of methoxy groups -OCH3 is 1. The van der Waals surface area contributed by atoms with Gasteiger partial charge in [0.2, 0.25) is 0 Å². The van der Waals surface area contributed by atoms with Crippen LogP contribution in [0.3, 0.4) is 0 Å². The first-order chi connectivity index (χ1) is 9.15. The standard InChI is InChI=1S/C13H23NO5/c1-17-7-6-14(10-12(15)16)11-2-4-13(5-3-11)18-8-9-19-13/h11H,2-10H2,1H3,(H,15,16). The van der Waals surface area contributed by atoms with E-state index in [1.165, 1.54) is 0 Å². The number of aliphatic carboxylic acids is 1. The van der Waals surface area contributed by atoms with Gasteiger partial charge >= 0.3 is 5.97 Å². The van der Waals surface area contributed by atoms with Gasteiger partial charge in [0.25, 0.3) is 0 Å². The van der Waals surface area contributed by atoms with E-state index >= 15 is 0 Å². The summed E-state index contributed by atoms with van der Waals surface area (Å²) >= 11 is 0. The minimum atomic E-state index is -0.787. The zero-order chi connectivity index (χ0) is 13.7. The molecule has 110 valence electrons. The van der Waals surface area contributed by atoms with Gasteiger partial charge in [0.05, 0.1) is 26.4 Å². The number of carboxylic acid groups (broad SMARTS) is 1. The molecule has 1 N–H and O–H groups in total. The maximum absolute atomic E-state index is 10.9. The van der Waals surface area contributed by atoms with Crippen LogP contribution in [0.25, 0.3) is 0 Å². The molecule has 0 aromatic carbocycles. The van der Waals surface area contributed by atoms with E-state index in [0.717, 1.165) is 25.7 Å². The molecule has 2 rings (SSSR count). The maximum atomic E-state index is 10.9. The Kier molecular flexibility index (Phi) is 5.15. The normalized spacial score (nSPS) is 23.3. The molecule has 0 atom stereocenters. The molecule has 1 saturated carbocycles. The summed E-state index contributed by atoms with van der Waals surface area (Å²) < 4.78 is 16.4. The van der Waals surface area contributed by atoms with Gasteiger partial charge in [0.15, 0.2) is 5.79 Å². The van der Waals surface area contributed by atoms with Gasteiger partial charge in [0, 0.05) is 32.5 Å². The number of rotatable bonds is 6. The smallest absolute Gasteiger partial charge is 0.317 e. The molecular weight excluding hydrogens is 250 g/mol. The van der Waals surface area contributed by atoms with Gasteiger partial charge in [-0.2, -0.15) is 0 Å². The molecule has 6 heteroatoms. The van der Waals surface area contributed by atoms with Crippen LogP contribution in [0.5, 0.6) is 0 Å². The van der Waals surface area contributed by atoms with Crippen molar-refractivity contribution in [2.75, 3.05) is 40.0 Å². The highest BCUT2D eigenvalue weighted by molar-refractivity contribution is 5.69. The highest BCUT2D eigenvalue weighted by Gasteiger charge is 2.41. The second-order valence-corrected chi connectivity index (χ2v) is 5.20. The van der Waals surface area contributed by atoms with Crippen LogP contribution in [-0.2, 0) is 19.0 Å². The van der Waals surface area contributed by atoms with Crippen molar-refractivity contribution in [1.82, 2.24) is 4.90 Å². The first kappa shape index (κ1) is 14.7. The number of nitrogens with zero attached hydrogens (tertiary/aromatic N) is 1.